The van der Waals surface area contributed by atoms with Crippen molar-refractivity contribution in [3.63, 3.8) is 0 Å². The zero-order valence-electron chi connectivity index (χ0n) is 20.6. The molecule has 1 aromatic carbocycles. The van der Waals surface area contributed by atoms with Gasteiger partial charge in [-0.25, -0.2) is 4.79 Å². The predicted molar refractivity (Wildman–Crippen MR) is 134 cm³/mol. The molecule has 8 atom stereocenters. The summed E-state index contributed by atoms with van der Waals surface area (Å²) in [5.74, 6) is -2.13. The van der Waals surface area contributed by atoms with Crippen molar-refractivity contribution in [1.29, 1.82) is 0 Å². The van der Waals surface area contributed by atoms with E-state index in [-0.39, 0.29) is 17.9 Å². The first-order valence-corrected chi connectivity index (χ1v) is 12.7. The number of aliphatic hydroxyl groups excluding tert-OH is 2. The minimum atomic E-state index is -1.57. The summed E-state index contributed by atoms with van der Waals surface area (Å²) in [6.07, 6.45) is 8.39. The van der Waals surface area contributed by atoms with Gasteiger partial charge in [-0.3, -0.25) is 4.79 Å². The lowest BCUT2D eigenvalue weighted by Crippen LogP contribution is -2.61. The number of hydrogen-bond acceptors (Lipinski definition) is 5. The third-order valence-electron chi connectivity index (χ3n) is 8.04. The van der Waals surface area contributed by atoms with E-state index in [0.29, 0.717) is 24.3 Å². The Kier molecular flexibility index (Phi) is 7.62. The number of esters is 1. The molecule has 2 heterocycles. The molecular formula is C29H37NO5. The Morgan fingerprint density at radius 2 is 1.86 bits per heavy atom. The molecule has 35 heavy (non-hydrogen) atoms. The second kappa shape index (κ2) is 10.5. The van der Waals surface area contributed by atoms with Gasteiger partial charge in [0.15, 0.2) is 0 Å². The Hall–Kier alpha value is -2.70. The smallest absolute Gasteiger partial charge is 0.331 e. The number of nitrogens with one attached hydrogen (secondary N) is 1. The van der Waals surface area contributed by atoms with Crippen LogP contribution in [0.25, 0.3) is 0 Å². The summed E-state index contributed by atoms with van der Waals surface area (Å²) < 4.78 is 6.05. The lowest BCUT2D eigenvalue weighted by molar-refractivity contribution is -0.182. The maximum Gasteiger partial charge on any atom is 0.331 e. The van der Waals surface area contributed by atoms with Crippen LogP contribution in [-0.2, 0) is 20.7 Å². The molecule has 0 radical (unpaired) electrons. The molecule has 1 spiro atoms. The van der Waals surface area contributed by atoms with E-state index in [9.17, 15) is 19.8 Å². The second-order valence-corrected chi connectivity index (χ2v) is 10.5. The van der Waals surface area contributed by atoms with Crippen molar-refractivity contribution in [2.75, 3.05) is 0 Å². The maximum absolute atomic E-state index is 13.7. The molecule has 188 valence electrons. The average Bonchev–Trinajstić information content (AvgIpc) is 3.09. The van der Waals surface area contributed by atoms with Gasteiger partial charge < -0.3 is 20.3 Å². The Morgan fingerprint density at radius 3 is 2.60 bits per heavy atom. The fourth-order valence-corrected chi connectivity index (χ4v) is 6.09. The van der Waals surface area contributed by atoms with Crippen LogP contribution in [0.5, 0.6) is 0 Å². The molecule has 2 fully saturated rings. The molecule has 0 bridgehead atoms. The molecule has 1 aliphatic carbocycles. The van der Waals surface area contributed by atoms with Gasteiger partial charge in [-0.05, 0) is 48.3 Å². The van der Waals surface area contributed by atoms with Crippen molar-refractivity contribution < 1.29 is 24.5 Å². The van der Waals surface area contributed by atoms with Gasteiger partial charge in [-0.15, -0.1) is 0 Å². The van der Waals surface area contributed by atoms with Crippen LogP contribution in [0, 0.1) is 23.7 Å². The summed E-state index contributed by atoms with van der Waals surface area (Å²) in [6.45, 7) is 8.27. The minimum Gasteiger partial charge on any atom is -0.445 e. The molecule has 3 aliphatic rings. The molecule has 6 heteroatoms. The van der Waals surface area contributed by atoms with Crippen LogP contribution in [0.3, 0.4) is 0 Å². The van der Waals surface area contributed by atoms with Crippen LogP contribution >= 0.6 is 0 Å². The number of amides is 1. The SMILES string of the molecule is C=C1[C@H](C)[C@@H]2[C@H](Cc3ccccc3)NC(=O)[C@]23OC(=O)/C=C\[C@H](O)CCC[C@H](C)C/C=C/[C@@H]3[C@H]1O. The quantitative estimate of drug-likeness (QED) is 0.446. The summed E-state index contributed by atoms with van der Waals surface area (Å²) >= 11 is 0. The van der Waals surface area contributed by atoms with Crippen molar-refractivity contribution in [2.45, 2.75) is 69.8 Å². The van der Waals surface area contributed by atoms with Gasteiger partial charge >= 0.3 is 5.97 Å². The van der Waals surface area contributed by atoms with Gasteiger partial charge in [-0.1, -0.05) is 75.8 Å². The highest BCUT2D eigenvalue weighted by atomic mass is 16.6. The van der Waals surface area contributed by atoms with Crippen molar-refractivity contribution >= 4 is 11.9 Å². The van der Waals surface area contributed by atoms with E-state index in [1.54, 1.807) is 0 Å². The van der Waals surface area contributed by atoms with E-state index in [4.69, 9.17) is 4.74 Å². The second-order valence-electron chi connectivity index (χ2n) is 10.5. The number of benzene rings is 1. The summed E-state index contributed by atoms with van der Waals surface area (Å²) in [6, 6.07) is 9.59. The Bertz CT molecular complexity index is 1000. The molecule has 0 unspecified atom stereocenters. The van der Waals surface area contributed by atoms with E-state index < -0.39 is 35.6 Å². The van der Waals surface area contributed by atoms with Gasteiger partial charge in [0, 0.05) is 18.0 Å². The number of hydrogen-bond donors (Lipinski definition) is 3. The third-order valence-corrected chi connectivity index (χ3v) is 8.04. The molecule has 2 aliphatic heterocycles. The molecular weight excluding hydrogens is 442 g/mol. The highest BCUT2D eigenvalue weighted by Crippen LogP contribution is 2.52. The molecule has 6 nitrogen and oxygen atoms in total. The lowest BCUT2D eigenvalue weighted by Gasteiger charge is -2.49. The molecule has 1 saturated heterocycles. The number of carbonyl (C=O) groups excluding carboxylic acids is 2. The van der Waals surface area contributed by atoms with Gasteiger partial charge in [-0.2, -0.15) is 0 Å². The summed E-state index contributed by atoms with van der Waals surface area (Å²) in [5.41, 5.74) is 0.136. The predicted octanol–water partition coefficient (Wildman–Crippen LogP) is 3.49. The molecule has 3 N–H and O–H groups in total. The molecule has 1 amide bonds. The fraction of sp³-hybridized carbons (Fsp3) is 0.517. The zero-order valence-corrected chi connectivity index (χ0v) is 20.6. The number of allylic oxidation sites excluding steroid dienone is 1. The normalized spacial score (nSPS) is 40.0. The number of carbonyl (C=O) groups is 2. The van der Waals surface area contributed by atoms with Crippen LogP contribution in [0.1, 0.15) is 45.1 Å². The van der Waals surface area contributed by atoms with Crippen LogP contribution in [-0.4, -0.2) is 45.9 Å². The van der Waals surface area contributed by atoms with E-state index in [0.717, 1.165) is 24.8 Å². The van der Waals surface area contributed by atoms with Gasteiger partial charge in [0.1, 0.15) is 0 Å². The van der Waals surface area contributed by atoms with Crippen LogP contribution in [0.15, 0.2) is 66.8 Å². The van der Waals surface area contributed by atoms with Gasteiger partial charge in [0.2, 0.25) is 5.60 Å². The van der Waals surface area contributed by atoms with Crippen molar-refractivity contribution in [3.05, 3.63) is 72.4 Å². The summed E-state index contributed by atoms with van der Waals surface area (Å²) in [5, 5.41) is 24.7. The molecule has 1 aromatic rings. The Labute approximate surface area is 207 Å². The Morgan fingerprint density at radius 1 is 1.11 bits per heavy atom. The Balaban J connectivity index is 1.78. The third kappa shape index (κ3) is 5.00. The van der Waals surface area contributed by atoms with Crippen LogP contribution in [0.2, 0.25) is 0 Å². The molecule has 1 saturated carbocycles. The van der Waals surface area contributed by atoms with Crippen molar-refractivity contribution in [1.82, 2.24) is 5.32 Å². The fourth-order valence-electron chi connectivity index (χ4n) is 6.09. The van der Waals surface area contributed by atoms with Crippen molar-refractivity contribution in [3.8, 4) is 0 Å². The first-order chi connectivity index (χ1) is 16.7. The van der Waals surface area contributed by atoms with Crippen molar-refractivity contribution in [2.24, 2.45) is 23.7 Å². The highest BCUT2D eigenvalue weighted by Gasteiger charge is 2.67. The van der Waals surface area contributed by atoms with Gasteiger partial charge in [0.05, 0.1) is 18.1 Å². The van der Waals surface area contributed by atoms with Gasteiger partial charge in [0.25, 0.3) is 5.91 Å². The number of rotatable bonds is 2. The van der Waals surface area contributed by atoms with Crippen LogP contribution in [0.4, 0.5) is 0 Å². The van der Waals surface area contributed by atoms with Crippen LogP contribution < -0.4 is 5.32 Å². The maximum atomic E-state index is 13.7. The van der Waals surface area contributed by atoms with E-state index in [1.165, 1.54) is 12.2 Å². The lowest BCUT2D eigenvalue weighted by atomic mass is 9.59. The monoisotopic (exact) mass is 479 g/mol. The minimum absolute atomic E-state index is 0.262. The zero-order chi connectivity index (χ0) is 25.2. The number of ether oxygens (including phenoxy) is 1. The molecule has 4 rings (SSSR count). The summed E-state index contributed by atoms with van der Waals surface area (Å²) in [7, 11) is 0. The average molecular weight is 480 g/mol. The summed E-state index contributed by atoms with van der Waals surface area (Å²) in [4.78, 5) is 26.8. The topological polar surface area (TPSA) is 95.9 Å². The molecule has 0 aromatic heterocycles. The standard InChI is InChI=1S/C29H37NO5/c1-18-9-7-13-22(31)15-16-25(32)35-29-23(14-8-10-18)27(33)20(3)19(2)26(29)24(30-28(29)34)17-21-11-5-4-6-12-21/h4-6,8,11-12,14-16,18-19,22-24,26-27,31,33H,3,7,9-10,13,17H2,1-2H3,(H,30,34)/b14-8+,16-15-/t18-,19-,22+,23+,24-,26+,27-,29+/m0/s1. The number of aliphatic hydroxyl groups is 2. The van der Waals surface area contributed by atoms with E-state index in [1.807, 2.05) is 49.4 Å². The van der Waals surface area contributed by atoms with E-state index >= 15 is 0 Å². The highest BCUT2D eigenvalue weighted by molar-refractivity contribution is 5.94. The largest absolute Gasteiger partial charge is 0.445 e. The van der Waals surface area contributed by atoms with E-state index in [2.05, 4.69) is 18.8 Å². The first kappa shape index (κ1) is 25.4. The first-order valence-electron chi connectivity index (χ1n) is 12.7.